The molecular formula is C10H18N2O4S. The van der Waals surface area contributed by atoms with Gasteiger partial charge in [-0.05, 0) is 32.4 Å². The Hall–Kier alpha value is -0.890. The van der Waals surface area contributed by atoms with E-state index >= 15 is 0 Å². The van der Waals surface area contributed by atoms with Crippen LogP contribution in [-0.2, 0) is 16.6 Å². The van der Waals surface area contributed by atoms with Crippen molar-refractivity contribution in [2.75, 3.05) is 6.61 Å². The van der Waals surface area contributed by atoms with Crippen LogP contribution < -0.4 is 10.5 Å². The minimum Gasteiger partial charge on any atom is -0.447 e. The van der Waals surface area contributed by atoms with E-state index in [2.05, 4.69) is 4.72 Å². The Bertz CT molecular complexity index is 464. The summed E-state index contributed by atoms with van der Waals surface area (Å²) in [6, 6.07) is 2.88. The Kier molecular flexibility index (Phi) is 4.31. The van der Waals surface area contributed by atoms with Gasteiger partial charge in [0.1, 0.15) is 5.76 Å². The monoisotopic (exact) mass is 262 g/mol. The molecule has 0 aliphatic rings. The molecule has 1 aromatic heterocycles. The van der Waals surface area contributed by atoms with Crippen molar-refractivity contribution in [2.45, 2.75) is 37.4 Å². The minimum atomic E-state index is -3.71. The first-order valence-corrected chi connectivity index (χ1v) is 6.73. The molecule has 6 nitrogen and oxygen atoms in total. The van der Waals surface area contributed by atoms with E-state index in [1.165, 1.54) is 12.1 Å². The van der Waals surface area contributed by atoms with Gasteiger partial charge in [0.2, 0.25) is 5.09 Å². The van der Waals surface area contributed by atoms with E-state index in [1.807, 2.05) is 0 Å². The summed E-state index contributed by atoms with van der Waals surface area (Å²) < 4.78 is 31.4. The number of nitrogens with one attached hydrogen (secondary N) is 1. The van der Waals surface area contributed by atoms with Crippen molar-refractivity contribution in [1.82, 2.24) is 4.72 Å². The number of hydrogen-bond acceptors (Lipinski definition) is 5. The first-order chi connectivity index (χ1) is 7.80. The third kappa shape index (κ3) is 3.81. The van der Waals surface area contributed by atoms with Crippen LogP contribution in [0.25, 0.3) is 0 Å². The first kappa shape index (κ1) is 14.2. The molecule has 0 bridgehead atoms. The first-order valence-electron chi connectivity index (χ1n) is 5.24. The van der Waals surface area contributed by atoms with Gasteiger partial charge < -0.3 is 15.3 Å². The smallest absolute Gasteiger partial charge is 0.274 e. The molecule has 17 heavy (non-hydrogen) atoms. The summed E-state index contributed by atoms with van der Waals surface area (Å²) in [6.45, 7) is 3.43. The molecule has 7 heteroatoms. The van der Waals surface area contributed by atoms with Crippen LogP contribution in [0, 0.1) is 0 Å². The fraction of sp³-hybridized carbons (Fsp3) is 0.600. The fourth-order valence-electron chi connectivity index (χ4n) is 1.36. The summed E-state index contributed by atoms with van der Waals surface area (Å²) in [6.07, 6.45) is 0.316. The molecule has 0 spiro atoms. The Morgan fingerprint density at radius 3 is 2.59 bits per heavy atom. The molecule has 1 heterocycles. The highest BCUT2D eigenvalue weighted by atomic mass is 32.2. The van der Waals surface area contributed by atoms with Crippen molar-refractivity contribution in [3.05, 3.63) is 17.9 Å². The van der Waals surface area contributed by atoms with E-state index in [9.17, 15) is 8.42 Å². The lowest BCUT2D eigenvalue weighted by Gasteiger charge is -2.24. The molecule has 0 atom stereocenters. The predicted octanol–water partition coefficient (Wildman–Crippen LogP) is 0.178. The maximum absolute atomic E-state index is 11.9. The largest absolute Gasteiger partial charge is 0.447 e. The summed E-state index contributed by atoms with van der Waals surface area (Å²) in [5, 5.41) is 8.67. The van der Waals surface area contributed by atoms with E-state index < -0.39 is 15.6 Å². The van der Waals surface area contributed by atoms with E-state index in [4.69, 9.17) is 15.3 Å². The van der Waals surface area contributed by atoms with Gasteiger partial charge in [0, 0.05) is 12.1 Å². The quantitative estimate of drug-likeness (QED) is 0.678. The van der Waals surface area contributed by atoms with Gasteiger partial charge in [0.25, 0.3) is 10.0 Å². The number of furan rings is 1. The van der Waals surface area contributed by atoms with Crippen molar-refractivity contribution in [3.63, 3.8) is 0 Å². The van der Waals surface area contributed by atoms with Crippen molar-refractivity contribution in [3.8, 4) is 0 Å². The molecule has 1 aromatic rings. The Balaban J connectivity index is 2.88. The molecule has 0 amide bonds. The predicted molar refractivity (Wildman–Crippen MR) is 62.7 cm³/mol. The molecule has 0 unspecified atom stereocenters. The van der Waals surface area contributed by atoms with Gasteiger partial charge in [-0.3, -0.25) is 0 Å². The third-order valence-electron chi connectivity index (χ3n) is 2.25. The molecule has 0 aromatic carbocycles. The lowest BCUT2D eigenvalue weighted by atomic mass is 10.0. The van der Waals surface area contributed by atoms with Gasteiger partial charge in [0.15, 0.2) is 0 Å². The maximum atomic E-state index is 11.9. The number of sulfonamides is 1. The zero-order valence-electron chi connectivity index (χ0n) is 9.93. The average molecular weight is 262 g/mol. The molecule has 1 rings (SSSR count). The second-order valence-electron chi connectivity index (χ2n) is 4.39. The van der Waals surface area contributed by atoms with Crippen molar-refractivity contribution < 1.29 is 17.9 Å². The Morgan fingerprint density at radius 1 is 1.47 bits per heavy atom. The van der Waals surface area contributed by atoms with Gasteiger partial charge in [-0.1, -0.05) is 0 Å². The minimum absolute atomic E-state index is 0.0955. The lowest BCUT2D eigenvalue weighted by Crippen LogP contribution is -2.43. The van der Waals surface area contributed by atoms with E-state index in [0.29, 0.717) is 12.2 Å². The topological polar surface area (TPSA) is 106 Å². The second kappa shape index (κ2) is 5.18. The van der Waals surface area contributed by atoms with Crippen molar-refractivity contribution in [2.24, 2.45) is 5.73 Å². The highest BCUT2D eigenvalue weighted by molar-refractivity contribution is 7.89. The molecule has 0 saturated heterocycles. The van der Waals surface area contributed by atoms with Crippen molar-refractivity contribution >= 4 is 10.0 Å². The summed E-state index contributed by atoms with van der Waals surface area (Å²) in [4.78, 5) is 0. The average Bonchev–Trinajstić information content (AvgIpc) is 2.64. The van der Waals surface area contributed by atoms with Crippen LogP contribution in [0.4, 0.5) is 0 Å². The number of aliphatic hydroxyl groups is 1. The van der Waals surface area contributed by atoms with Crippen LogP contribution in [0.15, 0.2) is 21.6 Å². The van der Waals surface area contributed by atoms with Gasteiger partial charge in [-0.2, -0.15) is 0 Å². The van der Waals surface area contributed by atoms with Crippen molar-refractivity contribution in [1.29, 1.82) is 0 Å². The van der Waals surface area contributed by atoms with Gasteiger partial charge >= 0.3 is 0 Å². The van der Waals surface area contributed by atoms with E-state index in [-0.39, 0.29) is 18.2 Å². The number of hydrogen-bond donors (Lipinski definition) is 3. The Morgan fingerprint density at radius 2 is 2.12 bits per heavy atom. The molecule has 0 saturated carbocycles. The molecule has 0 radical (unpaired) electrons. The molecule has 0 fully saturated rings. The molecule has 4 N–H and O–H groups in total. The Labute approximate surface area is 101 Å². The van der Waals surface area contributed by atoms with Crippen LogP contribution in [0.2, 0.25) is 0 Å². The molecular weight excluding hydrogens is 244 g/mol. The van der Waals surface area contributed by atoms with Crippen LogP contribution in [0.1, 0.15) is 26.0 Å². The molecule has 0 aliphatic carbocycles. The second-order valence-corrected chi connectivity index (χ2v) is 6.00. The van der Waals surface area contributed by atoms with E-state index in [1.54, 1.807) is 13.8 Å². The highest BCUT2D eigenvalue weighted by Gasteiger charge is 2.27. The van der Waals surface area contributed by atoms with Crippen LogP contribution >= 0.6 is 0 Å². The standard InChI is InChI=1S/C10H18N2O4S/c1-10(2,5-6-13)12-17(14,15)9-4-3-8(7-11)16-9/h3-4,12-13H,5-7,11H2,1-2H3. The summed E-state index contributed by atoms with van der Waals surface area (Å²) in [5.41, 5.74) is 4.61. The number of aliphatic hydroxyl groups excluding tert-OH is 1. The van der Waals surface area contributed by atoms with Gasteiger partial charge in [-0.25, -0.2) is 13.1 Å². The zero-order chi connectivity index (χ0) is 13.1. The summed E-state index contributed by atoms with van der Waals surface area (Å²) >= 11 is 0. The summed E-state index contributed by atoms with van der Waals surface area (Å²) in [7, 11) is -3.71. The van der Waals surface area contributed by atoms with Gasteiger partial charge in [0.05, 0.1) is 6.54 Å². The van der Waals surface area contributed by atoms with E-state index in [0.717, 1.165) is 0 Å². The number of rotatable bonds is 6. The van der Waals surface area contributed by atoms with Gasteiger partial charge in [-0.15, -0.1) is 0 Å². The van der Waals surface area contributed by atoms with Crippen LogP contribution in [0.3, 0.4) is 0 Å². The number of nitrogens with two attached hydrogens (primary N) is 1. The molecule has 98 valence electrons. The summed E-state index contributed by atoms with van der Waals surface area (Å²) in [5.74, 6) is 0.408. The maximum Gasteiger partial charge on any atom is 0.274 e. The SMILES string of the molecule is CC(C)(CCO)NS(=O)(=O)c1ccc(CN)o1. The fourth-order valence-corrected chi connectivity index (χ4v) is 2.75. The highest BCUT2D eigenvalue weighted by Crippen LogP contribution is 2.17. The van der Waals surface area contributed by atoms with Crippen LogP contribution in [-0.4, -0.2) is 25.7 Å². The lowest BCUT2D eigenvalue weighted by molar-refractivity contribution is 0.245. The third-order valence-corrected chi connectivity index (χ3v) is 3.82. The van der Waals surface area contributed by atoms with Crippen LogP contribution in [0.5, 0.6) is 0 Å². The zero-order valence-corrected chi connectivity index (χ0v) is 10.8. The normalized spacial score (nSPS) is 12.9. The molecule has 0 aliphatic heterocycles.